The van der Waals surface area contributed by atoms with E-state index in [4.69, 9.17) is 14.6 Å². The molecule has 0 radical (unpaired) electrons. The van der Waals surface area contributed by atoms with Crippen LogP contribution >= 0.6 is 0 Å². The number of carboxylic acid groups (broad SMARTS) is 1. The van der Waals surface area contributed by atoms with Gasteiger partial charge in [-0.2, -0.15) is 4.99 Å². The van der Waals surface area contributed by atoms with Crippen molar-refractivity contribution in [3.8, 4) is 0 Å². The van der Waals surface area contributed by atoms with Crippen molar-refractivity contribution in [2.75, 3.05) is 26.6 Å². The Labute approximate surface area is 122 Å². The van der Waals surface area contributed by atoms with E-state index in [1.807, 2.05) is 13.1 Å². The number of carbonyl (C=O) groups is 1. The van der Waals surface area contributed by atoms with Crippen LogP contribution in [-0.4, -0.2) is 49.4 Å². The molecule has 1 amide bonds. The summed E-state index contributed by atoms with van der Waals surface area (Å²) in [5.74, 6) is 0.977. The van der Waals surface area contributed by atoms with Crippen molar-refractivity contribution in [3.63, 3.8) is 0 Å². The maximum atomic E-state index is 10.9. The van der Waals surface area contributed by atoms with Gasteiger partial charge in [0.25, 0.3) is 0 Å². The van der Waals surface area contributed by atoms with Crippen LogP contribution in [0.3, 0.4) is 0 Å². The number of hydrogen-bond acceptors (Lipinski definition) is 5. The fraction of sp³-hybridized carbons (Fsp3) is 0.286. The summed E-state index contributed by atoms with van der Waals surface area (Å²) >= 11 is 0. The number of aliphatic imine (C=N–C) groups is 1. The molecule has 0 spiro atoms. The van der Waals surface area contributed by atoms with E-state index in [9.17, 15) is 4.79 Å². The summed E-state index contributed by atoms with van der Waals surface area (Å²) in [7, 11) is 4.91. The van der Waals surface area contributed by atoms with Crippen molar-refractivity contribution < 1.29 is 19.4 Å². The Bertz CT molecular complexity index is 598. The molecule has 112 valence electrons. The normalized spacial score (nSPS) is 17.9. The number of ether oxygens (including phenoxy) is 2. The number of rotatable bonds is 4. The molecule has 0 bridgehead atoms. The lowest BCUT2D eigenvalue weighted by Crippen LogP contribution is -2.40. The summed E-state index contributed by atoms with van der Waals surface area (Å²) in [6, 6.07) is 7.02. The molecule has 0 saturated heterocycles. The number of methoxy groups -OCH3 is 2. The summed E-state index contributed by atoms with van der Waals surface area (Å²) < 4.78 is 10.5. The molecule has 1 aromatic rings. The Hall–Kier alpha value is -2.54. The topological polar surface area (TPSA) is 83.4 Å². The maximum absolute atomic E-state index is 10.9. The molecule has 1 aliphatic rings. The van der Waals surface area contributed by atoms with Crippen molar-refractivity contribution >= 4 is 17.6 Å². The van der Waals surface area contributed by atoms with Gasteiger partial charge in [-0.3, -0.25) is 5.32 Å². The SMILES string of the molecule is COC1=CC(OC)N(C)C(c2ccccc2NC(=O)O)=N1. The summed E-state index contributed by atoms with van der Waals surface area (Å²) in [6.07, 6.45) is 0.258. The number of amides is 1. The van der Waals surface area contributed by atoms with Gasteiger partial charge in [0.15, 0.2) is 6.23 Å². The zero-order valence-electron chi connectivity index (χ0n) is 12.0. The number of likely N-dealkylation sites (N-methyl/N-ethyl adjacent to an activating group) is 1. The molecule has 1 atom stereocenters. The van der Waals surface area contributed by atoms with Gasteiger partial charge in [-0.05, 0) is 12.1 Å². The number of benzene rings is 1. The van der Waals surface area contributed by atoms with Crippen LogP contribution in [0.1, 0.15) is 5.56 Å². The van der Waals surface area contributed by atoms with E-state index < -0.39 is 6.09 Å². The number of amidine groups is 1. The highest BCUT2D eigenvalue weighted by Crippen LogP contribution is 2.23. The lowest BCUT2D eigenvalue weighted by molar-refractivity contribution is 0.0510. The van der Waals surface area contributed by atoms with Crippen LogP contribution in [0.15, 0.2) is 41.2 Å². The van der Waals surface area contributed by atoms with Crippen LogP contribution in [0, 0.1) is 0 Å². The first-order valence-electron chi connectivity index (χ1n) is 6.26. The molecule has 0 aromatic heterocycles. The highest BCUT2D eigenvalue weighted by atomic mass is 16.5. The molecular formula is C14H17N3O4. The minimum Gasteiger partial charge on any atom is -0.481 e. The van der Waals surface area contributed by atoms with Crippen molar-refractivity contribution in [1.82, 2.24) is 4.90 Å². The van der Waals surface area contributed by atoms with Gasteiger partial charge in [0, 0.05) is 25.8 Å². The van der Waals surface area contributed by atoms with E-state index >= 15 is 0 Å². The van der Waals surface area contributed by atoms with Gasteiger partial charge in [-0.25, -0.2) is 4.79 Å². The van der Waals surface area contributed by atoms with Gasteiger partial charge in [0.1, 0.15) is 5.84 Å². The Morgan fingerprint density at radius 2 is 2.10 bits per heavy atom. The molecular weight excluding hydrogens is 274 g/mol. The average Bonchev–Trinajstić information content (AvgIpc) is 2.48. The summed E-state index contributed by atoms with van der Waals surface area (Å²) in [4.78, 5) is 17.1. The second-order valence-electron chi connectivity index (χ2n) is 4.36. The smallest absolute Gasteiger partial charge is 0.409 e. The zero-order valence-corrected chi connectivity index (χ0v) is 12.0. The first-order chi connectivity index (χ1) is 10.1. The van der Waals surface area contributed by atoms with Crippen LogP contribution in [-0.2, 0) is 9.47 Å². The van der Waals surface area contributed by atoms with Gasteiger partial charge in [0.05, 0.1) is 12.8 Å². The van der Waals surface area contributed by atoms with Gasteiger partial charge in [-0.1, -0.05) is 12.1 Å². The first-order valence-corrected chi connectivity index (χ1v) is 6.26. The Kier molecular flexibility index (Phi) is 4.44. The summed E-state index contributed by atoms with van der Waals surface area (Å²) in [6.45, 7) is 0. The molecule has 2 rings (SSSR count). The number of para-hydroxylation sites is 1. The predicted molar refractivity (Wildman–Crippen MR) is 78.3 cm³/mol. The van der Waals surface area contributed by atoms with E-state index in [1.54, 1.807) is 36.3 Å². The first kappa shape index (κ1) is 14.9. The highest BCUT2D eigenvalue weighted by molar-refractivity contribution is 6.06. The van der Waals surface area contributed by atoms with Gasteiger partial charge < -0.3 is 19.5 Å². The number of nitrogens with one attached hydrogen (secondary N) is 1. The van der Waals surface area contributed by atoms with Crippen LogP contribution in [0.25, 0.3) is 0 Å². The Morgan fingerprint density at radius 3 is 2.71 bits per heavy atom. The molecule has 21 heavy (non-hydrogen) atoms. The van der Waals surface area contributed by atoms with Gasteiger partial charge in [0.2, 0.25) is 5.88 Å². The second-order valence-corrected chi connectivity index (χ2v) is 4.36. The summed E-state index contributed by atoms with van der Waals surface area (Å²) in [5, 5.41) is 11.3. The number of hydrogen-bond donors (Lipinski definition) is 2. The molecule has 7 heteroatoms. The van der Waals surface area contributed by atoms with Gasteiger partial charge in [-0.15, -0.1) is 0 Å². The summed E-state index contributed by atoms with van der Waals surface area (Å²) in [5.41, 5.74) is 1.09. The van der Waals surface area contributed by atoms with Crippen molar-refractivity contribution in [3.05, 3.63) is 41.8 Å². The lowest BCUT2D eigenvalue weighted by atomic mass is 10.1. The van der Waals surface area contributed by atoms with Crippen molar-refractivity contribution in [2.45, 2.75) is 6.23 Å². The fourth-order valence-electron chi connectivity index (χ4n) is 2.07. The van der Waals surface area contributed by atoms with Crippen molar-refractivity contribution in [1.29, 1.82) is 0 Å². The number of nitrogens with zero attached hydrogens (tertiary/aromatic N) is 2. The molecule has 0 aliphatic carbocycles. The maximum Gasteiger partial charge on any atom is 0.409 e. The molecule has 0 saturated carbocycles. The quantitative estimate of drug-likeness (QED) is 0.885. The van der Waals surface area contributed by atoms with Crippen LogP contribution in [0.5, 0.6) is 0 Å². The molecule has 7 nitrogen and oxygen atoms in total. The molecule has 0 fully saturated rings. The predicted octanol–water partition coefficient (Wildman–Crippen LogP) is 1.93. The highest BCUT2D eigenvalue weighted by Gasteiger charge is 2.25. The zero-order chi connectivity index (χ0) is 15.4. The van der Waals surface area contributed by atoms with E-state index in [-0.39, 0.29) is 6.23 Å². The largest absolute Gasteiger partial charge is 0.481 e. The lowest BCUT2D eigenvalue weighted by Gasteiger charge is -2.31. The fourth-order valence-corrected chi connectivity index (χ4v) is 2.07. The molecule has 1 aliphatic heterocycles. The Morgan fingerprint density at radius 1 is 1.38 bits per heavy atom. The third kappa shape index (κ3) is 3.14. The van der Waals surface area contributed by atoms with Crippen LogP contribution < -0.4 is 5.32 Å². The van der Waals surface area contributed by atoms with E-state index in [0.717, 1.165) is 0 Å². The van der Waals surface area contributed by atoms with Crippen molar-refractivity contribution in [2.24, 2.45) is 4.99 Å². The van der Waals surface area contributed by atoms with E-state index in [2.05, 4.69) is 10.3 Å². The third-order valence-corrected chi connectivity index (χ3v) is 3.08. The molecule has 1 unspecified atom stereocenters. The van der Waals surface area contributed by atoms with E-state index in [0.29, 0.717) is 23.0 Å². The van der Waals surface area contributed by atoms with Crippen LogP contribution in [0.2, 0.25) is 0 Å². The Balaban J connectivity index is 2.47. The average molecular weight is 291 g/mol. The second kappa shape index (κ2) is 6.27. The minimum atomic E-state index is -1.13. The standard InChI is InChI=1S/C14H17N3O4/c1-17-12(21-3)8-11(20-2)16-13(17)9-6-4-5-7-10(9)15-14(18)19/h4-8,12,15H,1-3H3,(H,18,19). The molecule has 1 aromatic carbocycles. The number of anilines is 1. The van der Waals surface area contributed by atoms with Crippen LogP contribution in [0.4, 0.5) is 10.5 Å². The molecule has 2 N–H and O–H groups in total. The van der Waals surface area contributed by atoms with E-state index in [1.165, 1.54) is 7.11 Å². The minimum absolute atomic E-state index is 0.342. The monoisotopic (exact) mass is 291 g/mol. The molecule has 1 heterocycles. The third-order valence-electron chi connectivity index (χ3n) is 3.08. The van der Waals surface area contributed by atoms with Gasteiger partial charge >= 0.3 is 6.09 Å².